The average molecular weight is 554 g/mol. The Balaban J connectivity index is 2.64. The number of amides is 3. The summed E-state index contributed by atoms with van der Waals surface area (Å²) in [5.74, 6) is -0.604. The van der Waals surface area contributed by atoms with Crippen LogP contribution < -0.4 is 10.6 Å². The highest BCUT2D eigenvalue weighted by molar-refractivity contribution is 5.92. The van der Waals surface area contributed by atoms with Crippen molar-refractivity contribution < 1.29 is 24.2 Å². The summed E-state index contributed by atoms with van der Waals surface area (Å²) in [6, 6.07) is 9.97. The van der Waals surface area contributed by atoms with E-state index in [1.807, 2.05) is 66.7 Å². The predicted octanol–water partition coefficient (Wildman–Crippen LogP) is 5.73. The number of benzene rings is 2. The molecule has 0 aliphatic heterocycles. The van der Waals surface area contributed by atoms with E-state index in [0.29, 0.717) is 12.0 Å². The third-order valence-electron chi connectivity index (χ3n) is 6.56. The summed E-state index contributed by atoms with van der Waals surface area (Å²) in [6.07, 6.45) is 0.00989. The lowest BCUT2D eigenvalue weighted by molar-refractivity contribution is -0.145. The van der Waals surface area contributed by atoms with Crippen molar-refractivity contribution in [1.82, 2.24) is 15.5 Å². The Hall–Kier alpha value is -3.55. The minimum atomic E-state index is -1.02. The molecule has 2 aromatic rings. The van der Waals surface area contributed by atoms with E-state index in [1.54, 1.807) is 37.8 Å². The van der Waals surface area contributed by atoms with Crippen LogP contribution in [0.2, 0.25) is 0 Å². The maximum absolute atomic E-state index is 14.5. The fourth-order valence-corrected chi connectivity index (χ4v) is 4.30. The van der Waals surface area contributed by atoms with Gasteiger partial charge in [0.05, 0.1) is 0 Å². The van der Waals surface area contributed by atoms with Gasteiger partial charge >= 0.3 is 6.09 Å². The monoisotopic (exact) mass is 553 g/mol. The summed E-state index contributed by atoms with van der Waals surface area (Å²) in [6.45, 7) is 18.8. The summed E-state index contributed by atoms with van der Waals surface area (Å²) in [5, 5.41) is 15.6. The Morgan fingerprint density at radius 3 is 2.05 bits per heavy atom. The largest absolute Gasteiger partial charge is 0.508 e. The molecule has 0 aliphatic carbocycles. The van der Waals surface area contributed by atoms with Gasteiger partial charge in [-0.15, -0.1) is 0 Å². The normalized spacial score (nSPS) is 14.1. The van der Waals surface area contributed by atoms with Crippen LogP contribution in [0.4, 0.5) is 4.79 Å². The van der Waals surface area contributed by atoms with Crippen LogP contribution >= 0.6 is 0 Å². The first-order chi connectivity index (χ1) is 18.4. The number of carbonyl (C=O) groups is 3. The molecular weight excluding hydrogens is 506 g/mol. The standard InChI is InChI=1S/C32H47N3O5/c1-11-22(4)35(27(28(37)34-31(5,6)7)24-15-12-20(2)21(3)18-24)29(38)26(33-30(39)40-32(8,9)10)19-23-13-16-25(36)17-14-23/h12-18,22,26-27,36H,11,19H2,1-10H3,(H,33,39)(H,34,37). The zero-order chi connectivity index (χ0) is 30.4. The molecule has 0 saturated carbocycles. The molecule has 0 spiro atoms. The quantitative estimate of drug-likeness (QED) is 0.368. The van der Waals surface area contributed by atoms with Gasteiger partial charge in [0, 0.05) is 18.0 Å². The number of alkyl carbamates (subject to hydrolysis) is 1. The zero-order valence-electron chi connectivity index (χ0n) is 25.7. The second-order valence-corrected chi connectivity index (χ2v) is 12.6. The maximum atomic E-state index is 14.5. The lowest BCUT2D eigenvalue weighted by atomic mass is 9.95. The van der Waals surface area contributed by atoms with Gasteiger partial charge in [0.2, 0.25) is 11.8 Å². The molecule has 0 radical (unpaired) electrons. The Kier molecular flexibility index (Phi) is 10.8. The molecule has 3 amide bonds. The highest BCUT2D eigenvalue weighted by atomic mass is 16.6. The third kappa shape index (κ3) is 9.57. The second-order valence-electron chi connectivity index (χ2n) is 12.6. The van der Waals surface area contributed by atoms with E-state index < -0.39 is 35.2 Å². The van der Waals surface area contributed by atoms with Crippen molar-refractivity contribution in [3.05, 3.63) is 64.7 Å². The molecule has 3 unspecified atom stereocenters. The molecular formula is C32H47N3O5. The smallest absolute Gasteiger partial charge is 0.408 e. The first kappa shape index (κ1) is 32.7. The van der Waals surface area contributed by atoms with E-state index >= 15 is 0 Å². The first-order valence-electron chi connectivity index (χ1n) is 13.9. The molecule has 0 bridgehead atoms. The van der Waals surface area contributed by atoms with Gasteiger partial charge in [-0.25, -0.2) is 4.79 Å². The van der Waals surface area contributed by atoms with Crippen LogP contribution in [0.5, 0.6) is 5.75 Å². The highest BCUT2D eigenvalue weighted by Gasteiger charge is 2.39. The van der Waals surface area contributed by atoms with Crippen molar-refractivity contribution in [2.24, 2.45) is 0 Å². The Morgan fingerprint density at radius 1 is 0.950 bits per heavy atom. The van der Waals surface area contributed by atoms with Crippen LogP contribution in [-0.2, 0) is 20.7 Å². The number of nitrogens with zero attached hydrogens (tertiary/aromatic N) is 1. The van der Waals surface area contributed by atoms with E-state index in [2.05, 4.69) is 10.6 Å². The Morgan fingerprint density at radius 2 is 1.55 bits per heavy atom. The number of aromatic hydroxyl groups is 1. The predicted molar refractivity (Wildman–Crippen MR) is 158 cm³/mol. The number of phenols is 1. The number of rotatable bonds is 9. The molecule has 0 saturated heterocycles. The molecule has 0 fully saturated rings. The van der Waals surface area contributed by atoms with Crippen LogP contribution in [0.3, 0.4) is 0 Å². The number of phenolic OH excluding ortho intramolecular Hbond substituents is 1. The molecule has 40 heavy (non-hydrogen) atoms. The minimum Gasteiger partial charge on any atom is -0.508 e. The molecule has 2 rings (SSSR count). The van der Waals surface area contributed by atoms with Crippen molar-refractivity contribution in [1.29, 1.82) is 0 Å². The number of hydrogen-bond acceptors (Lipinski definition) is 5. The highest BCUT2D eigenvalue weighted by Crippen LogP contribution is 2.29. The summed E-state index contributed by atoms with van der Waals surface area (Å²) >= 11 is 0. The zero-order valence-corrected chi connectivity index (χ0v) is 25.7. The van der Waals surface area contributed by atoms with Gasteiger partial charge in [-0.3, -0.25) is 9.59 Å². The topological polar surface area (TPSA) is 108 Å². The summed E-state index contributed by atoms with van der Waals surface area (Å²) in [4.78, 5) is 42.9. The molecule has 0 heterocycles. The fourth-order valence-electron chi connectivity index (χ4n) is 4.30. The second kappa shape index (κ2) is 13.2. The fraction of sp³-hybridized carbons (Fsp3) is 0.531. The molecule has 0 aliphatic rings. The van der Waals surface area contributed by atoms with Gasteiger partial charge in [0.15, 0.2) is 0 Å². The van der Waals surface area contributed by atoms with E-state index in [-0.39, 0.29) is 24.1 Å². The molecule has 2 aromatic carbocycles. The van der Waals surface area contributed by atoms with E-state index in [0.717, 1.165) is 16.7 Å². The first-order valence-corrected chi connectivity index (χ1v) is 13.9. The van der Waals surface area contributed by atoms with Crippen molar-refractivity contribution in [3.8, 4) is 5.75 Å². The minimum absolute atomic E-state index is 0.0987. The van der Waals surface area contributed by atoms with Gasteiger partial charge in [-0.2, -0.15) is 0 Å². The van der Waals surface area contributed by atoms with Gasteiger partial charge < -0.3 is 25.4 Å². The lowest BCUT2D eigenvalue weighted by Crippen LogP contribution is -2.57. The van der Waals surface area contributed by atoms with Crippen LogP contribution in [0.25, 0.3) is 0 Å². The van der Waals surface area contributed by atoms with Gasteiger partial charge in [0.1, 0.15) is 23.4 Å². The van der Waals surface area contributed by atoms with E-state index in [1.165, 1.54) is 12.1 Å². The van der Waals surface area contributed by atoms with Crippen LogP contribution in [0.15, 0.2) is 42.5 Å². The van der Waals surface area contributed by atoms with Gasteiger partial charge in [0.25, 0.3) is 0 Å². The number of hydrogen-bond donors (Lipinski definition) is 3. The van der Waals surface area contributed by atoms with E-state index in [4.69, 9.17) is 4.74 Å². The number of ether oxygens (including phenoxy) is 1. The molecule has 220 valence electrons. The van der Waals surface area contributed by atoms with Gasteiger partial charge in [-0.05, 0) is 103 Å². The molecule has 8 nitrogen and oxygen atoms in total. The average Bonchev–Trinajstić information content (AvgIpc) is 2.82. The van der Waals surface area contributed by atoms with Crippen molar-refractivity contribution in [3.63, 3.8) is 0 Å². The molecule has 3 atom stereocenters. The summed E-state index contributed by atoms with van der Waals surface area (Å²) in [5.41, 5.74) is 2.23. The SMILES string of the molecule is CCC(C)N(C(=O)C(Cc1ccc(O)cc1)NC(=O)OC(C)(C)C)C(C(=O)NC(C)(C)C)c1ccc(C)c(C)c1. The lowest BCUT2D eigenvalue weighted by Gasteiger charge is -2.39. The number of aryl methyl sites for hydroxylation is 2. The van der Waals surface area contributed by atoms with Crippen molar-refractivity contribution >= 4 is 17.9 Å². The van der Waals surface area contributed by atoms with Crippen molar-refractivity contribution in [2.75, 3.05) is 0 Å². The van der Waals surface area contributed by atoms with Gasteiger partial charge in [-0.1, -0.05) is 37.3 Å². The molecule has 3 N–H and O–H groups in total. The number of carbonyl (C=O) groups excluding carboxylic acids is 3. The summed E-state index contributed by atoms with van der Waals surface area (Å²) < 4.78 is 5.49. The Bertz CT molecular complexity index is 1180. The Labute approximate surface area is 239 Å². The van der Waals surface area contributed by atoms with Crippen molar-refractivity contribution in [2.45, 2.75) is 111 Å². The van der Waals surface area contributed by atoms with Crippen LogP contribution in [-0.4, -0.2) is 51.1 Å². The third-order valence-corrected chi connectivity index (χ3v) is 6.56. The molecule has 0 aromatic heterocycles. The van der Waals surface area contributed by atoms with Crippen LogP contribution in [0, 0.1) is 13.8 Å². The van der Waals surface area contributed by atoms with E-state index in [9.17, 15) is 19.5 Å². The molecule has 8 heteroatoms. The maximum Gasteiger partial charge on any atom is 0.408 e. The number of nitrogens with one attached hydrogen (secondary N) is 2. The van der Waals surface area contributed by atoms with Crippen LogP contribution in [0.1, 0.15) is 90.1 Å². The summed E-state index contributed by atoms with van der Waals surface area (Å²) in [7, 11) is 0.